The summed E-state index contributed by atoms with van der Waals surface area (Å²) in [5, 5.41) is 3.23. The van der Waals surface area contributed by atoms with Gasteiger partial charge in [-0.25, -0.2) is 4.39 Å². The number of ether oxygens (including phenoxy) is 1. The second kappa shape index (κ2) is 10.0. The summed E-state index contributed by atoms with van der Waals surface area (Å²) in [6, 6.07) is 11.9. The highest BCUT2D eigenvalue weighted by molar-refractivity contribution is 9.10. The summed E-state index contributed by atoms with van der Waals surface area (Å²) in [7, 11) is 0. The molecule has 2 rings (SSSR count). The van der Waals surface area contributed by atoms with Crippen molar-refractivity contribution < 1.29 is 13.9 Å². The van der Waals surface area contributed by atoms with Crippen LogP contribution in [0.4, 0.5) is 4.39 Å². The Bertz CT molecular complexity index is 694. The van der Waals surface area contributed by atoms with E-state index in [2.05, 4.69) is 21.2 Å². The van der Waals surface area contributed by atoms with Crippen LogP contribution in [0.15, 0.2) is 46.9 Å². The number of hydrogen-bond donors (Lipinski definition) is 1. The molecule has 2 aromatic rings. The maximum absolute atomic E-state index is 13.6. The van der Waals surface area contributed by atoms with E-state index in [1.54, 1.807) is 31.2 Å². The van der Waals surface area contributed by atoms with E-state index >= 15 is 0 Å². The predicted molar refractivity (Wildman–Crippen MR) is 105 cm³/mol. The van der Waals surface area contributed by atoms with Gasteiger partial charge in [0.25, 0.3) is 5.91 Å². The number of hydrogen-bond acceptors (Lipinski definition) is 3. The van der Waals surface area contributed by atoms with Gasteiger partial charge in [-0.2, -0.15) is 11.8 Å². The SMILES string of the molecule is C[C@@H](Oc1ccc(Br)cc1)C(=O)NCCSCc1c(F)cccc1Cl. The van der Waals surface area contributed by atoms with Crippen molar-refractivity contribution in [2.75, 3.05) is 12.3 Å². The first kappa shape index (κ1) is 20.1. The number of amides is 1. The molecule has 0 spiro atoms. The molecule has 0 aliphatic rings. The lowest BCUT2D eigenvalue weighted by Gasteiger charge is -2.14. The van der Waals surface area contributed by atoms with Crippen LogP contribution in [0.25, 0.3) is 0 Å². The standard InChI is InChI=1S/C18H18BrClFNO2S/c1-12(24-14-7-5-13(19)6-8-14)18(23)22-9-10-25-11-15-16(20)3-2-4-17(15)21/h2-8,12H,9-11H2,1H3,(H,22,23)/t12-/m1/s1. The van der Waals surface area contributed by atoms with Crippen LogP contribution in [-0.4, -0.2) is 24.3 Å². The van der Waals surface area contributed by atoms with Crippen molar-refractivity contribution >= 4 is 45.2 Å². The summed E-state index contributed by atoms with van der Waals surface area (Å²) < 4.78 is 20.2. The van der Waals surface area contributed by atoms with Gasteiger partial charge in [0.2, 0.25) is 0 Å². The highest BCUT2D eigenvalue weighted by Crippen LogP contribution is 2.23. The van der Waals surface area contributed by atoms with Gasteiger partial charge >= 0.3 is 0 Å². The first-order valence-corrected chi connectivity index (χ1v) is 10.0. The summed E-state index contributed by atoms with van der Waals surface area (Å²) in [6.07, 6.45) is -0.591. The minimum atomic E-state index is -0.591. The van der Waals surface area contributed by atoms with E-state index in [1.807, 2.05) is 12.1 Å². The Balaban J connectivity index is 1.68. The maximum atomic E-state index is 13.6. The van der Waals surface area contributed by atoms with Crippen LogP contribution in [0.5, 0.6) is 5.75 Å². The molecule has 0 unspecified atom stereocenters. The molecule has 134 valence electrons. The van der Waals surface area contributed by atoms with Crippen molar-refractivity contribution in [3.63, 3.8) is 0 Å². The molecule has 0 aliphatic carbocycles. The van der Waals surface area contributed by atoms with Crippen LogP contribution in [0.1, 0.15) is 12.5 Å². The molecule has 3 nitrogen and oxygen atoms in total. The molecule has 0 aromatic heterocycles. The van der Waals surface area contributed by atoms with Crippen LogP contribution >= 0.6 is 39.3 Å². The highest BCUT2D eigenvalue weighted by atomic mass is 79.9. The molecular formula is C18H18BrClFNO2S. The summed E-state index contributed by atoms with van der Waals surface area (Å²) >= 11 is 10.8. The van der Waals surface area contributed by atoms with Gasteiger partial charge < -0.3 is 10.1 Å². The summed E-state index contributed by atoms with van der Waals surface area (Å²) in [6.45, 7) is 2.17. The third-order valence-electron chi connectivity index (χ3n) is 3.35. The average molecular weight is 447 g/mol. The maximum Gasteiger partial charge on any atom is 0.260 e. The number of carbonyl (C=O) groups excluding carboxylic acids is 1. The van der Waals surface area contributed by atoms with E-state index in [1.165, 1.54) is 17.8 Å². The van der Waals surface area contributed by atoms with Crippen molar-refractivity contribution in [3.05, 3.63) is 63.3 Å². The molecule has 7 heteroatoms. The largest absolute Gasteiger partial charge is 0.481 e. The molecule has 0 saturated carbocycles. The molecule has 0 heterocycles. The monoisotopic (exact) mass is 445 g/mol. The summed E-state index contributed by atoms with van der Waals surface area (Å²) in [4.78, 5) is 12.0. The zero-order valence-electron chi connectivity index (χ0n) is 13.6. The third kappa shape index (κ3) is 6.53. The molecule has 0 saturated heterocycles. The third-order valence-corrected chi connectivity index (χ3v) is 5.22. The fourth-order valence-corrected chi connectivity index (χ4v) is 3.47. The van der Waals surface area contributed by atoms with Gasteiger partial charge in [-0.15, -0.1) is 0 Å². The number of nitrogens with one attached hydrogen (secondary N) is 1. The summed E-state index contributed by atoms with van der Waals surface area (Å²) in [5.74, 6) is 1.26. The zero-order chi connectivity index (χ0) is 18.2. The van der Waals surface area contributed by atoms with Crippen LogP contribution in [0.3, 0.4) is 0 Å². The minimum Gasteiger partial charge on any atom is -0.481 e. The number of rotatable bonds is 8. The first-order chi connectivity index (χ1) is 12.0. The molecular weight excluding hydrogens is 429 g/mol. The number of halogens is 3. The van der Waals surface area contributed by atoms with Crippen molar-refractivity contribution in [1.29, 1.82) is 0 Å². The van der Waals surface area contributed by atoms with Gasteiger partial charge in [-0.1, -0.05) is 33.6 Å². The average Bonchev–Trinajstić information content (AvgIpc) is 2.58. The Labute approximate surface area is 164 Å². The topological polar surface area (TPSA) is 38.3 Å². The van der Waals surface area contributed by atoms with Gasteiger partial charge in [0.05, 0.1) is 0 Å². The van der Waals surface area contributed by atoms with Gasteiger partial charge in [-0.3, -0.25) is 4.79 Å². The van der Waals surface area contributed by atoms with Gasteiger partial charge in [0, 0.05) is 33.1 Å². The van der Waals surface area contributed by atoms with E-state index < -0.39 is 6.10 Å². The Morgan fingerprint density at radius 3 is 2.72 bits per heavy atom. The van der Waals surface area contributed by atoms with E-state index in [-0.39, 0.29) is 11.7 Å². The van der Waals surface area contributed by atoms with Crippen molar-refractivity contribution in [3.8, 4) is 5.75 Å². The Morgan fingerprint density at radius 2 is 2.04 bits per heavy atom. The molecule has 1 amide bonds. The lowest BCUT2D eigenvalue weighted by molar-refractivity contribution is -0.127. The normalized spacial score (nSPS) is 11.8. The lowest BCUT2D eigenvalue weighted by Crippen LogP contribution is -2.37. The van der Waals surface area contributed by atoms with E-state index in [0.29, 0.717) is 34.4 Å². The van der Waals surface area contributed by atoms with Crippen LogP contribution in [-0.2, 0) is 10.5 Å². The van der Waals surface area contributed by atoms with Crippen LogP contribution in [0, 0.1) is 5.82 Å². The molecule has 1 atom stereocenters. The van der Waals surface area contributed by atoms with E-state index in [9.17, 15) is 9.18 Å². The predicted octanol–water partition coefficient (Wildman–Crippen LogP) is 5.06. The Hall–Kier alpha value is -1.24. The molecule has 0 fully saturated rings. The lowest BCUT2D eigenvalue weighted by atomic mass is 10.2. The quantitative estimate of drug-likeness (QED) is 0.576. The van der Waals surface area contributed by atoms with Crippen molar-refractivity contribution in [1.82, 2.24) is 5.32 Å². The Morgan fingerprint density at radius 1 is 1.32 bits per heavy atom. The van der Waals surface area contributed by atoms with Crippen molar-refractivity contribution in [2.45, 2.75) is 18.8 Å². The second-order valence-electron chi connectivity index (χ2n) is 5.26. The number of thioether (sulfide) groups is 1. The Kier molecular flexibility index (Phi) is 8.06. The highest BCUT2D eigenvalue weighted by Gasteiger charge is 2.14. The molecule has 0 radical (unpaired) electrons. The smallest absolute Gasteiger partial charge is 0.260 e. The van der Waals surface area contributed by atoms with E-state index in [4.69, 9.17) is 16.3 Å². The molecule has 2 aromatic carbocycles. The fourth-order valence-electron chi connectivity index (χ4n) is 2.01. The number of carbonyl (C=O) groups is 1. The van der Waals surface area contributed by atoms with Gasteiger partial charge in [0.15, 0.2) is 6.10 Å². The van der Waals surface area contributed by atoms with Crippen molar-refractivity contribution in [2.24, 2.45) is 0 Å². The first-order valence-electron chi connectivity index (χ1n) is 7.68. The van der Waals surface area contributed by atoms with Gasteiger partial charge in [0.1, 0.15) is 11.6 Å². The summed E-state index contributed by atoms with van der Waals surface area (Å²) in [5.41, 5.74) is 0.493. The molecule has 0 aliphatic heterocycles. The molecule has 0 bridgehead atoms. The van der Waals surface area contributed by atoms with Gasteiger partial charge in [-0.05, 0) is 43.3 Å². The van der Waals surface area contributed by atoms with E-state index in [0.717, 1.165) is 4.47 Å². The zero-order valence-corrected chi connectivity index (χ0v) is 16.8. The fraction of sp³-hybridized carbons (Fsp3) is 0.278. The molecule has 1 N–H and O–H groups in total. The van der Waals surface area contributed by atoms with Crippen LogP contribution in [0.2, 0.25) is 5.02 Å². The number of benzene rings is 2. The second-order valence-corrected chi connectivity index (χ2v) is 7.69. The van der Waals surface area contributed by atoms with Crippen LogP contribution < -0.4 is 10.1 Å². The minimum absolute atomic E-state index is 0.188. The molecule has 25 heavy (non-hydrogen) atoms.